The molecule has 1 aliphatic carbocycles. The second-order valence-electron chi connectivity index (χ2n) is 3.53. The van der Waals surface area contributed by atoms with E-state index in [2.05, 4.69) is 13.8 Å². The predicted octanol–water partition coefficient (Wildman–Crippen LogP) is 1.55. The molecule has 2 fully saturated rings. The van der Waals surface area contributed by atoms with Gasteiger partial charge in [0, 0.05) is 5.92 Å². The molecule has 0 N–H and O–H groups in total. The molecule has 2 nitrogen and oxygen atoms in total. The Bertz CT molecular complexity index is 142. The minimum absolute atomic E-state index is 0.223. The molecule has 0 bridgehead atoms. The highest BCUT2D eigenvalue weighted by atomic mass is 16.7. The molecular weight excluding hydrogens is 128 g/mol. The third-order valence-corrected chi connectivity index (χ3v) is 2.36. The second kappa shape index (κ2) is 1.95. The fraction of sp³-hybridized carbons (Fsp3) is 1.00. The number of rotatable bonds is 1. The molecule has 58 valence electrons. The summed E-state index contributed by atoms with van der Waals surface area (Å²) >= 11 is 0. The van der Waals surface area contributed by atoms with Gasteiger partial charge in [-0.05, 0) is 26.7 Å². The van der Waals surface area contributed by atoms with Gasteiger partial charge in [-0.2, -0.15) is 0 Å². The van der Waals surface area contributed by atoms with Crippen LogP contribution in [0.1, 0.15) is 26.7 Å². The molecular formula is C8H14O2. The Morgan fingerprint density at radius 3 is 2.50 bits per heavy atom. The lowest BCUT2D eigenvalue weighted by Crippen LogP contribution is -2.28. The quantitative estimate of drug-likeness (QED) is 0.553. The van der Waals surface area contributed by atoms with Crippen LogP contribution in [0.4, 0.5) is 0 Å². The lowest BCUT2D eigenvalue weighted by atomic mass is 10.2. The minimum atomic E-state index is -0.223. The Balaban J connectivity index is 2.01. The minimum Gasteiger partial charge on any atom is -0.347 e. The molecule has 1 saturated heterocycles. The Labute approximate surface area is 61.5 Å². The molecule has 0 aromatic heterocycles. The largest absolute Gasteiger partial charge is 0.347 e. The van der Waals surface area contributed by atoms with Crippen molar-refractivity contribution in [1.29, 1.82) is 0 Å². The summed E-state index contributed by atoms with van der Waals surface area (Å²) in [7, 11) is 0. The van der Waals surface area contributed by atoms with E-state index in [9.17, 15) is 0 Å². The summed E-state index contributed by atoms with van der Waals surface area (Å²) in [5, 5.41) is 0. The monoisotopic (exact) mass is 142 g/mol. The summed E-state index contributed by atoms with van der Waals surface area (Å²) in [4.78, 5) is 0. The first-order valence-electron chi connectivity index (χ1n) is 4.02. The lowest BCUT2D eigenvalue weighted by molar-refractivity contribution is -0.167. The van der Waals surface area contributed by atoms with Crippen molar-refractivity contribution < 1.29 is 9.47 Å². The van der Waals surface area contributed by atoms with Gasteiger partial charge in [0.25, 0.3) is 0 Å². The van der Waals surface area contributed by atoms with E-state index in [0.717, 1.165) is 6.61 Å². The van der Waals surface area contributed by atoms with E-state index in [1.807, 2.05) is 0 Å². The van der Waals surface area contributed by atoms with Gasteiger partial charge in [0.1, 0.15) is 0 Å². The molecule has 2 rings (SSSR count). The molecule has 2 heteroatoms. The Morgan fingerprint density at radius 2 is 2.10 bits per heavy atom. The standard InChI is InChI=1S/C8H14O2/c1-6-5-9-8(2,10-6)7-3-4-7/h6-7H,3-5H2,1-2H3/t6-,8+/m1/s1. The van der Waals surface area contributed by atoms with Crippen LogP contribution in [0.25, 0.3) is 0 Å². The molecule has 1 heterocycles. The Kier molecular flexibility index (Phi) is 1.29. The van der Waals surface area contributed by atoms with Crippen molar-refractivity contribution in [3.8, 4) is 0 Å². The number of hydrogen-bond acceptors (Lipinski definition) is 2. The third-order valence-electron chi connectivity index (χ3n) is 2.36. The summed E-state index contributed by atoms with van der Waals surface area (Å²) in [6, 6.07) is 0. The van der Waals surface area contributed by atoms with Gasteiger partial charge in [-0.3, -0.25) is 0 Å². The van der Waals surface area contributed by atoms with Crippen LogP contribution >= 0.6 is 0 Å². The van der Waals surface area contributed by atoms with E-state index in [1.165, 1.54) is 12.8 Å². The lowest BCUT2D eigenvalue weighted by Gasteiger charge is -2.21. The van der Waals surface area contributed by atoms with Crippen LogP contribution in [0.15, 0.2) is 0 Å². The molecule has 0 unspecified atom stereocenters. The van der Waals surface area contributed by atoms with Crippen molar-refractivity contribution in [1.82, 2.24) is 0 Å². The van der Waals surface area contributed by atoms with Gasteiger partial charge in [0.15, 0.2) is 5.79 Å². The highest BCUT2D eigenvalue weighted by molar-refractivity contribution is 4.89. The van der Waals surface area contributed by atoms with Crippen LogP contribution in [0, 0.1) is 5.92 Å². The second-order valence-corrected chi connectivity index (χ2v) is 3.53. The van der Waals surface area contributed by atoms with Gasteiger partial charge in [-0.15, -0.1) is 0 Å². The number of hydrogen-bond donors (Lipinski definition) is 0. The summed E-state index contributed by atoms with van der Waals surface area (Å²) < 4.78 is 11.2. The normalized spacial score (nSPS) is 48.0. The summed E-state index contributed by atoms with van der Waals surface area (Å²) in [5.74, 6) is 0.455. The highest BCUT2D eigenvalue weighted by Gasteiger charge is 2.47. The SMILES string of the molecule is C[C@@H]1CO[C@](C)(C2CC2)O1. The van der Waals surface area contributed by atoms with Crippen LogP contribution in [0.5, 0.6) is 0 Å². The Hall–Kier alpha value is -0.0800. The maximum atomic E-state index is 5.65. The van der Waals surface area contributed by atoms with Crippen molar-refractivity contribution in [2.45, 2.75) is 38.6 Å². The first kappa shape index (κ1) is 6.62. The molecule has 2 atom stereocenters. The first-order chi connectivity index (χ1) is 4.71. The van der Waals surface area contributed by atoms with E-state index in [0.29, 0.717) is 12.0 Å². The van der Waals surface area contributed by atoms with E-state index in [-0.39, 0.29) is 5.79 Å². The molecule has 1 saturated carbocycles. The summed E-state index contributed by atoms with van der Waals surface area (Å²) in [6.45, 7) is 4.90. The van der Waals surface area contributed by atoms with Crippen molar-refractivity contribution in [3.63, 3.8) is 0 Å². The molecule has 1 aliphatic heterocycles. The van der Waals surface area contributed by atoms with Crippen LogP contribution < -0.4 is 0 Å². The molecule has 2 aliphatic rings. The van der Waals surface area contributed by atoms with Crippen molar-refractivity contribution >= 4 is 0 Å². The van der Waals surface area contributed by atoms with E-state index >= 15 is 0 Å². The van der Waals surface area contributed by atoms with Gasteiger partial charge in [-0.25, -0.2) is 0 Å². The molecule has 0 aromatic carbocycles. The molecule has 10 heavy (non-hydrogen) atoms. The smallest absolute Gasteiger partial charge is 0.168 e. The van der Waals surface area contributed by atoms with E-state index in [1.54, 1.807) is 0 Å². The van der Waals surface area contributed by atoms with Gasteiger partial charge >= 0.3 is 0 Å². The van der Waals surface area contributed by atoms with Crippen LogP contribution in [0.3, 0.4) is 0 Å². The van der Waals surface area contributed by atoms with Crippen LogP contribution in [0.2, 0.25) is 0 Å². The third kappa shape index (κ3) is 0.956. The molecule has 0 radical (unpaired) electrons. The summed E-state index contributed by atoms with van der Waals surface area (Å²) in [6.07, 6.45) is 2.86. The zero-order chi connectivity index (χ0) is 7.19. The van der Waals surface area contributed by atoms with Crippen molar-refractivity contribution in [3.05, 3.63) is 0 Å². The average Bonchev–Trinajstić information content (AvgIpc) is 2.62. The van der Waals surface area contributed by atoms with Gasteiger partial charge < -0.3 is 9.47 Å². The molecule has 0 spiro atoms. The van der Waals surface area contributed by atoms with Crippen molar-refractivity contribution in [2.24, 2.45) is 5.92 Å². The van der Waals surface area contributed by atoms with E-state index < -0.39 is 0 Å². The number of ether oxygens (including phenoxy) is 2. The van der Waals surface area contributed by atoms with Crippen molar-refractivity contribution in [2.75, 3.05) is 6.61 Å². The van der Waals surface area contributed by atoms with Crippen LogP contribution in [-0.2, 0) is 9.47 Å². The zero-order valence-corrected chi connectivity index (χ0v) is 6.59. The van der Waals surface area contributed by atoms with E-state index in [4.69, 9.17) is 9.47 Å². The zero-order valence-electron chi connectivity index (χ0n) is 6.59. The fourth-order valence-electron chi connectivity index (χ4n) is 1.57. The van der Waals surface area contributed by atoms with Gasteiger partial charge in [0.2, 0.25) is 0 Å². The Morgan fingerprint density at radius 1 is 1.40 bits per heavy atom. The molecule has 0 aromatic rings. The van der Waals surface area contributed by atoms with Gasteiger partial charge in [0.05, 0.1) is 12.7 Å². The maximum Gasteiger partial charge on any atom is 0.168 e. The highest BCUT2D eigenvalue weighted by Crippen LogP contribution is 2.45. The van der Waals surface area contributed by atoms with Gasteiger partial charge in [-0.1, -0.05) is 0 Å². The topological polar surface area (TPSA) is 18.5 Å². The summed E-state index contributed by atoms with van der Waals surface area (Å²) in [5.41, 5.74) is 0. The fourth-order valence-corrected chi connectivity index (χ4v) is 1.57. The molecule has 0 amide bonds. The predicted molar refractivity (Wildman–Crippen MR) is 37.6 cm³/mol. The maximum absolute atomic E-state index is 5.65. The first-order valence-corrected chi connectivity index (χ1v) is 4.02. The average molecular weight is 142 g/mol. The van der Waals surface area contributed by atoms with Crippen LogP contribution in [-0.4, -0.2) is 18.5 Å².